The second-order valence-electron chi connectivity index (χ2n) is 4.44. The Bertz CT molecular complexity index is 700. The first-order valence-electron chi connectivity index (χ1n) is 6.39. The molecule has 2 rings (SSSR count). The van der Waals surface area contributed by atoms with Gasteiger partial charge in [0, 0.05) is 6.54 Å². The number of nitriles is 2. The molecule has 0 aliphatic carbocycles. The number of hydrogen-bond donors (Lipinski definition) is 1. The maximum atomic E-state index is 9.17. The van der Waals surface area contributed by atoms with Crippen molar-refractivity contribution in [2.24, 2.45) is 0 Å². The van der Waals surface area contributed by atoms with E-state index in [-0.39, 0.29) is 11.4 Å². The molecule has 5 nitrogen and oxygen atoms in total. The molecule has 5 heteroatoms. The minimum atomic E-state index is 0.156. The van der Waals surface area contributed by atoms with E-state index in [0.717, 1.165) is 24.3 Å². The fourth-order valence-corrected chi connectivity index (χ4v) is 2.09. The molecule has 0 saturated carbocycles. The Morgan fingerprint density at radius 2 is 2.10 bits per heavy atom. The Morgan fingerprint density at radius 3 is 2.70 bits per heavy atom. The SMILES string of the molecule is CCNCc1ccc(-n2cnc(C#N)c2C#N)c(C)c1. The highest BCUT2D eigenvalue weighted by Crippen LogP contribution is 2.19. The van der Waals surface area contributed by atoms with Crippen LogP contribution in [0, 0.1) is 29.6 Å². The molecular weight excluding hydrogens is 250 g/mol. The lowest BCUT2D eigenvalue weighted by Gasteiger charge is -2.10. The summed E-state index contributed by atoms with van der Waals surface area (Å²) in [6.07, 6.45) is 1.52. The van der Waals surface area contributed by atoms with Crippen LogP contribution < -0.4 is 5.32 Å². The molecule has 0 aliphatic heterocycles. The van der Waals surface area contributed by atoms with Crippen LogP contribution in [0.25, 0.3) is 5.69 Å². The normalized spacial score (nSPS) is 10.0. The summed E-state index contributed by atoms with van der Waals surface area (Å²) >= 11 is 0. The van der Waals surface area contributed by atoms with E-state index in [1.54, 1.807) is 4.57 Å². The highest BCUT2D eigenvalue weighted by Gasteiger charge is 2.13. The zero-order valence-corrected chi connectivity index (χ0v) is 11.5. The van der Waals surface area contributed by atoms with Gasteiger partial charge in [-0.1, -0.05) is 19.1 Å². The summed E-state index contributed by atoms with van der Waals surface area (Å²) in [7, 11) is 0. The van der Waals surface area contributed by atoms with Gasteiger partial charge in [0.2, 0.25) is 0 Å². The van der Waals surface area contributed by atoms with Crippen LogP contribution >= 0.6 is 0 Å². The van der Waals surface area contributed by atoms with Crippen molar-refractivity contribution in [3.63, 3.8) is 0 Å². The molecule has 1 aromatic carbocycles. The van der Waals surface area contributed by atoms with Gasteiger partial charge in [-0.25, -0.2) is 4.98 Å². The smallest absolute Gasteiger partial charge is 0.177 e. The van der Waals surface area contributed by atoms with Gasteiger partial charge >= 0.3 is 0 Å². The third-order valence-electron chi connectivity index (χ3n) is 3.08. The van der Waals surface area contributed by atoms with E-state index < -0.39 is 0 Å². The molecule has 0 radical (unpaired) electrons. The molecule has 1 aromatic heterocycles. The molecule has 100 valence electrons. The quantitative estimate of drug-likeness (QED) is 0.917. The Balaban J connectivity index is 2.42. The first kappa shape index (κ1) is 13.8. The Labute approximate surface area is 118 Å². The van der Waals surface area contributed by atoms with Gasteiger partial charge in [0.15, 0.2) is 11.4 Å². The molecule has 0 aliphatic rings. The van der Waals surface area contributed by atoms with E-state index in [2.05, 4.69) is 23.3 Å². The van der Waals surface area contributed by atoms with Crippen LogP contribution in [-0.4, -0.2) is 16.1 Å². The second kappa shape index (κ2) is 6.01. The second-order valence-corrected chi connectivity index (χ2v) is 4.44. The average Bonchev–Trinajstić information content (AvgIpc) is 2.87. The van der Waals surface area contributed by atoms with Crippen LogP contribution in [0.3, 0.4) is 0 Å². The van der Waals surface area contributed by atoms with Gasteiger partial charge in [0.1, 0.15) is 18.5 Å². The minimum Gasteiger partial charge on any atom is -0.313 e. The Hall–Kier alpha value is -2.63. The van der Waals surface area contributed by atoms with Crippen molar-refractivity contribution in [1.82, 2.24) is 14.9 Å². The Morgan fingerprint density at radius 1 is 1.30 bits per heavy atom. The average molecular weight is 265 g/mol. The molecule has 0 fully saturated rings. The lowest BCUT2D eigenvalue weighted by molar-refractivity contribution is 0.726. The number of hydrogen-bond acceptors (Lipinski definition) is 4. The highest BCUT2D eigenvalue weighted by molar-refractivity contribution is 5.49. The predicted molar refractivity (Wildman–Crippen MR) is 75.1 cm³/mol. The van der Waals surface area contributed by atoms with Crippen molar-refractivity contribution < 1.29 is 0 Å². The van der Waals surface area contributed by atoms with Crippen LogP contribution in [0.5, 0.6) is 0 Å². The third-order valence-corrected chi connectivity index (χ3v) is 3.08. The number of aryl methyl sites for hydroxylation is 1. The lowest BCUT2D eigenvalue weighted by Crippen LogP contribution is -2.12. The van der Waals surface area contributed by atoms with E-state index in [1.165, 1.54) is 11.9 Å². The summed E-state index contributed by atoms with van der Waals surface area (Å²) in [4.78, 5) is 3.96. The molecule has 20 heavy (non-hydrogen) atoms. The number of nitrogens with one attached hydrogen (secondary N) is 1. The van der Waals surface area contributed by atoms with Crippen LogP contribution in [0.4, 0.5) is 0 Å². The van der Waals surface area contributed by atoms with Gasteiger partial charge in [0.25, 0.3) is 0 Å². The topological polar surface area (TPSA) is 77.4 Å². The summed E-state index contributed by atoms with van der Waals surface area (Å²) in [5.74, 6) is 0. The van der Waals surface area contributed by atoms with Gasteiger partial charge in [-0.2, -0.15) is 10.5 Å². The molecule has 1 N–H and O–H groups in total. The molecule has 0 unspecified atom stereocenters. The fourth-order valence-electron chi connectivity index (χ4n) is 2.09. The van der Waals surface area contributed by atoms with Gasteiger partial charge < -0.3 is 5.32 Å². The molecule has 0 spiro atoms. The first-order chi connectivity index (χ1) is 9.71. The summed E-state index contributed by atoms with van der Waals surface area (Å²) in [5, 5.41) is 21.4. The zero-order valence-electron chi connectivity index (χ0n) is 11.5. The third kappa shape index (κ3) is 2.54. The van der Waals surface area contributed by atoms with E-state index in [4.69, 9.17) is 5.26 Å². The maximum Gasteiger partial charge on any atom is 0.177 e. The molecule has 1 heterocycles. The molecule has 2 aromatic rings. The van der Waals surface area contributed by atoms with E-state index >= 15 is 0 Å². The Kier molecular flexibility index (Phi) is 4.14. The molecular formula is C15H15N5. The maximum absolute atomic E-state index is 9.17. The van der Waals surface area contributed by atoms with Crippen molar-refractivity contribution in [2.75, 3.05) is 6.54 Å². The molecule has 0 bridgehead atoms. The molecule has 0 atom stereocenters. The van der Waals surface area contributed by atoms with Crippen LogP contribution in [0.15, 0.2) is 24.5 Å². The van der Waals surface area contributed by atoms with Gasteiger partial charge in [-0.05, 0) is 30.7 Å². The van der Waals surface area contributed by atoms with Crippen LogP contribution in [0.1, 0.15) is 29.4 Å². The summed E-state index contributed by atoms with van der Waals surface area (Å²) < 4.78 is 1.66. The van der Waals surface area contributed by atoms with Crippen LogP contribution in [-0.2, 0) is 6.54 Å². The van der Waals surface area contributed by atoms with E-state index in [0.29, 0.717) is 0 Å². The first-order valence-corrected chi connectivity index (χ1v) is 6.39. The number of benzene rings is 1. The number of aromatic nitrogens is 2. The van der Waals surface area contributed by atoms with E-state index in [9.17, 15) is 5.26 Å². The van der Waals surface area contributed by atoms with Gasteiger partial charge in [-0.3, -0.25) is 4.57 Å². The van der Waals surface area contributed by atoms with Crippen molar-refractivity contribution in [3.8, 4) is 17.8 Å². The van der Waals surface area contributed by atoms with Crippen molar-refractivity contribution in [3.05, 3.63) is 47.0 Å². The standard InChI is InChI=1S/C15H15N5/c1-3-18-9-12-4-5-14(11(2)6-12)20-10-19-13(7-16)15(20)8-17/h4-6,10,18H,3,9H2,1-2H3. The highest BCUT2D eigenvalue weighted by atomic mass is 15.1. The molecule has 0 amide bonds. The largest absolute Gasteiger partial charge is 0.313 e. The van der Waals surface area contributed by atoms with Crippen molar-refractivity contribution in [1.29, 1.82) is 10.5 Å². The van der Waals surface area contributed by atoms with Gasteiger partial charge in [0.05, 0.1) is 5.69 Å². The van der Waals surface area contributed by atoms with Gasteiger partial charge in [-0.15, -0.1) is 0 Å². The minimum absolute atomic E-state index is 0.156. The predicted octanol–water partition coefficient (Wildman–Crippen LogP) is 2.03. The fraction of sp³-hybridized carbons (Fsp3) is 0.267. The van der Waals surface area contributed by atoms with Crippen molar-refractivity contribution >= 4 is 0 Å². The summed E-state index contributed by atoms with van der Waals surface area (Å²) in [5.41, 5.74) is 3.53. The monoisotopic (exact) mass is 265 g/mol. The zero-order chi connectivity index (χ0) is 14.5. The lowest BCUT2D eigenvalue weighted by atomic mass is 10.1. The number of nitrogens with zero attached hydrogens (tertiary/aromatic N) is 4. The summed E-state index contributed by atoms with van der Waals surface area (Å²) in [6.45, 7) is 5.79. The van der Waals surface area contributed by atoms with E-state index in [1.807, 2.05) is 31.2 Å². The van der Waals surface area contributed by atoms with Crippen LogP contribution in [0.2, 0.25) is 0 Å². The number of imidazole rings is 1. The summed E-state index contributed by atoms with van der Waals surface area (Å²) in [6, 6.07) is 10.0. The molecule has 0 saturated heterocycles. The number of rotatable bonds is 4. The van der Waals surface area contributed by atoms with Crippen molar-refractivity contribution in [2.45, 2.75) is 20.4 Å².